The Morgan fingerprint density at radius 3 is 2.70 bits per heavy atom. The van der Waals surface area contributed by atoms with Crippen LogP contribution in [-0.2, 0) is 14.3 Å². The van der Waals surface area contributed by atoms with Crippen LogP contribution in [0.5, 0.6) is 0 Å². The minimum Gasteiger partial charge on any atom is -0.477 e. The molecule has 1 fully saturated rings. The number of carbonyl (C=O) groups is 3. The standard InChI is InChI=1S/C11H14N2O6S/c1-4(14)6-8(15)13-7(10(16)17)5(20-9(6)13)2-3-19-11(12)18/h4,6,9,14H,2-3H2,1H3,(H2,12,18)(H,16,17)/t4?,6-,9+/m0/s1. The third-order valence-electron chi connectivity index (χ3n) is 3.15. The van der Waals surface area contributed by atoms with Crippen LogP contribution in [0, 0.1) is 5.92 Å². The third-order valence-corrected chi connectivity index (χ3v) is 4.58. The molecule has 20 heavy (non-hydrogen) atoms. The molecular weight excluding hydrogens is 288 g/mol. The van der Waals surface area contributed by atoms with Crippen molar-refractivity contribution in [2.45, 2.75) is 24.8 Å². The van der Waals surface area contributed by atoms with Crippen molar-refractivity contribution >= 4 is 29.7 Å². The van der Waals surface area contributed by atoms with Gasteiger partial charge in [-0.2, -0.15) is 0 Å². The van der Waals surface area contributed by atoms with Crippen LogP contribution in [-0.4, -0.2) is 51.2 Å². The SMILES string of the molecule is CC(O)[C@H]1C(=O)N2C(C(=O)O)=C(CCOC(N)=O)S[C@H]12. The van der Waals surface area contributed by atoms with E-state index in [2.05, 4.69) is 4.74 Å². The average molecular weight is 302 g/mol. The first-order valence-corrected chi connectivity index (χ1v) is 6.79. The van der Waals surface area contributed by atoms with Crippen LogP contribution in [0.4, 0.5) is 4.79 Å². The van der Waals surface area contributed by atoms with E-state index in [1.807, 2.05) is 0 Å². The number of aliphatic hydroxyl groups is 1. The predicted octanol–water partition coefficient (Wildman–Crippen LogP) is -0.320. The quantitative estimate of drug-likeness (QED) is 0.593. The highest BCUT2D eigenvalue weighted by molar-refractivity contribution is 8.04. The molecule has 0 spiro atoms. The van der Waals surface area contributed by atoms with Crippen molar-refractivity contribution in [1.82, 2.24) is 4.90 Å². The molecule has 0 radical (unpaired) electrons. The van der Waals surface area contributed by atoms with Crippen LogP contribution in [0.3, 0.4) is 0 Å². The fraction of sp³-hybridized carbons (Fsp3) is 0.545. The van der Waals surface area contributed by atoms with Gasteiger partial charge in [0.05, 0.1) is 18.6 Å². The second-order valence-corrected chi connectivity index (χ2v) is 5.69. The molecule has 4 N–H and O–H groups in total. The van der Waals surface area contributed by atoms with Gasteiger partial charge in [0, 0.05) is 11.3 Å². The van der Waals surface area contributed by atoms with E-state index in [0.29, 0.717) is 4.91 Å². The number of β-lactam (4-membered cyclic amide) rings is 1. The summed E-state index contributed by atoms with van der Waals surface area (Å²) in [7, 11) is 0. The summed E-state index contributed by atoms with van der Waals surface area (Å²) in [6, 6.07) is 0. The summed E-state index contributed by atoms with van der Waals surface area (Å²) in [6.45, 7) is 1.44. The topological polar surface area (TPSA) is 130 Å². The lowest BCUT2D eigenvalue weighted by atomic mass is 9.92. The molecule has 2 amide bonds. The number of nitrogens with zero attached hydrogens (tertiary/aromatic N) is 1. The molecule has 1 saturated heterocycles. The average Bonchev–Trinajstić information content (AvgIpc) is 2.63. The van der Waals surface area contributed by atoms with Gasteiger partial charge in [-0.15, -0.1) is 11.8 Å². The number of hydrogen-bond donors (Lipinski definition) is 3. The van der Waals surface area contributed by atoms with Crippen molar-refractivity contribution in [3.63, 3.8) is 0 Å². The van der Waals surface area contributed by atoms with Crippen molar-refractivity contribution in [3.8, 4) is 0 Å². The first-order valence-electron chi connectivity index (χ1n) is 5.91. The summed E-state index contributed by atoms with van der Waals surface area (Å²) in [5.41, 5.74) is 4.72. The number of fused-ring (bicyclic) bond motifs is 1. The van der Waals surface area contributed by atoms with Crippen LogP contribution >= 0.6 is 11.8 Å². The zero-order chi connectivity index (χ0) is 15.0. The maximum absolute atomic E-state index is 11.9. The Balaban J connectivity index is 2.13. The fourth-order valence-electron chi connectivity index (χ4n) is 2.27. The monoisotopic (exact) mass is 302 g/mol. The molecule has 0 aromatic rings. The molecule has 0 aromatic heterocycles. The Hall–Kier alpha value is -1.74. The van der Waals surface area contributed by atoms with Gasteiger partial charge in [0.1, 0.15) is 11.1 Å². The molecule has 0 saturated carbocycles. The third kappa shape index (κ3) is 2.34. The predicted molar refractivity (Wildman–Crippen MR) is 68.2 cm³/mol. The van der Waals surface area contributed by atoms with Crippen molar-refractivity contribution in [3.05, 3.63) is 10.6 Å². The number of carbonyl (C=O) groups excluding carboxylic acids is 2. The van der Waals surface area contributed by atoms with Crippen molar-refractivity contribution in [1.29, 1.82) is 0 Å². The molecule has 2 heterocycles. The number of aliphatic hydroxyl groups excluding tert-OH is 1. The molecule has 2 aliphatic heterocycles. The first kappa shape index (κ1) is 14.7. The number of ether oxygens (including phenoxy) is 1. The summed E-state index contributed by atoms with van der Waals surface area (Å²) >= 11 is 1.20. The van der Waals surface area contributed by atoms with Gasteiger partial charge in [0.15, 0.2) is 0 Å². The van der Waals surface area contributed by atoms with Gasteiger partial charge in [-0.05, 0) is 6.92 Å². The molecule has 9 heteroatoms. The second kappa shape index (κ2) is 5.33. The summed E-state index contributed by atoms with van der Waals surface area (Å²) in [4.78, 5) is 35.2. The molecule has 0 aromatic carbocycles. The van der Waals surface area contributed by atoms with Crippen LogP contribution in [0.2, 0.25) is 0 Å². The molecule has 3 atom stereocenters. The highest BCUT2D eigenvalue weighted by Crippen LogP contribution is 2.51. The minimum absolute atomic E-state index is 0.0530. The molecule has 2 aliphatic rings. The minimum atomic E-state index is -1.22. The van der Waals surface area contributed by atoms with Crippen molar-refractivity contribution in [2.75, 3.05) is 6.61 Å². The number of aliphatic carboxylic acids is 1. The van der Waals surface area contributed by atoms with E-state index in [9.17, 15) is 24.6 Å². The fourth-order valence-corrected chi connectivity index (χ4v) is 3.87. The molecule has 1 unspecified atom stereocenters. The lowest BCUT2D eigenvalue weighted by molar-refractivity contribution is -0.156. The molecule has 8 nitrogen and oxygen atoms in total. The summed E-state index contributed by atoms with van der Waals surface area (Å²) in [6.07, 6.45) is -1.61. The van der Waals surface area contributed by atoms with Gasteiger partial charge in [-0.3, -0.25) is 9.69 Å². The smallest absolute Gasteiger partial charge is 0.404 e. The van der Waals surface area contributed by atoms with Crippen molar-refractivity contribution < 1.29 is 29.3 Å². The number of nitrogens with two attached hydrogens (primary N) is 1. The number of rotatable bonds is 5. The van der Waals surface area contributed by atoms with Gasteiger partial charge in [-0.1, -0.05) is 0 Å². The molecular formula is C11H14N2O6S. The van der Waals surface area contributed by atoms with Gasteiger partial charge >= 0.3 is 12.1 Å². The Bertz CT molecular complexity index is 503. The largest absolute Gasteiger partial charge is 0.477 e. The molecule has 110 valence electrons. The number of carboxylic acid groups (broad SMARTS) is 1. The van der Waals surface area contributed by atoms with E-state index in [4.69, 9.17) is 5.73 Å². The molecule has 2 rings (SSSR count). The number of hydrogen-bond acceptors (Lipinski definition) is 6. The molecule has 0 bridgehead atoms. The lowest BCUT2D eigenvalue weighted by Gasteiger charge is -2.43. The van der Waals surface area contributed by atoms with E-state index in [1.165, 1.54) is 23.6 Å². The zero-order valence-electron chi connectivity index (χ0n) is 10.6. The van der Waals surface area contributed by atoms with Crippen LogP contribution in [0.15, 0.2) is 10.6 Å². The van der Waals surface area contributed by atoms with E-state index in [0.717, 1.165) is 0 Å². The van der Waals surface area contributed by atoms with Gasteiger partial charge in [0.2, 0.25) is 5.91 Å². The van der Waals surface area contributed by atoms with Gasteiger partial charge in [0.25, 0.3) is 0 Å². The van der Waals surface area contributed by atoms with Crippen molar-refractivity contribution in [2.24, 2.45) is 11.7 Å². The highest BCUT2D eigenvalue weighted by Gasteiger charge is 2.57. The lowest BCUT2D eigenvalue weighted by Crippen LogP contribution is -2.60. The van der Waals surface area contributed by atoms with E-state index < -0.39 is 35.4 Å². The van der Waals surface area contributed by atoms with E-state index in [-0.39, 0.29) is 18.7 Å². The Kier molecular flexibility index (Phi) is 3.91. The Labute approximate surface area is 118 Å². The maximum atomic E-state index is 11.9. The molecule has 0 aliphatic carbocycles. The maximum Gasteiger partial charge on any atom is 0.404 e. The first-order chi connectivity index (χ1) is 9.34. The zero-order valence-corrected chi connectivity index (χ0v) is 11.4. The van der Waals surface area contributed by atoms with Crippen LogP contribution in [0.25, 0.3) is 0 Å². The van der Waals surface area contributed by atoms with E-state index in [1.54, 1.807) is 0 Å². The number of carboxylic acids is 1. The number of amides is 2. The van der Waals surface area contributed by atoms with Crippen LogP contribution in [0.1, 0.15) is 13.3 Å². The normalized spacial score (nSPS) is 26.1. The second-order valence-electron chi connectivity index (χ2n) is 4.48. The summed E-state index contributed by atoms with van der Waals surface area (Å²) in [5, 5.41) is 18.3. The van der Waals surface area contributed by atoms with Gasteiger partial charge in [-0.25, -0.2) is 9.59 Å². The Morgan fingerprint density at radius 2 is 2.20 bits per heavy atom. The van der Waals surface area contributed by atoms with Crippen LogP contribution < -0.4 is 5.73 Å². The van der Waals surface area contributed by atoms with E-state index >= 15 is 0 Å². The Morgan fingerprint density at radius 1 is 1.55 bits per heavy atom. The number of primary amides is 1. The summed E-state index contributed by atoms with van der Waals surface area (Å²) < 4.78 is 4.57. The number of thioether (sulfide) groups is 1. The highest BCUT2D eigenvalue weighted by atomic mass is 32.2. The summed E-state index contributed by atoms with van der Waals surface area (Å²) in [5.74, 6) is -2.23. The van der Waals surface area contributed by atoms with Gasteiger partial charge < -0.3 is 20.7 Å².